The summed E-state index contributed by atoms with van der Waals surface area (Å²) in [5.41, 5.74) is 1.15. The van der Waals surface area contributed by atoms with E-state index in [9.17, 15) is 4.79 Å². The molecule has 0 fully saturated rings. The molecule has 0 aliphatic carbocycles. The van der Waals surface area contributed by atoms with Crippen LogP contribution in [-0.4, -0.2) is 37.4 Å². The van der Waals surface area contributed by atoms with E-state index in [1.165, 1.54) is 0 Å². The summed E-state index contributed by atoms with van der Waals surface area (Å²) in [6.45, 7) is 3.39. The van der Waals surface area contributed by atoms with Gasteiger partial charge in [-0.2, -0.15) is 0 Å². The number of hydrogen-bond acceptors (Lipinski definition) is 3. The zero-order valence-corrected chi connectivity index (χ0v) is 11.3. The SMILES string of the molecule is CN(C)c1ccc(NC(=O)NC(C)(C)CO)cc1. The van der Waals surface area contributed by atoms with E-state index in [2.05, 4.69) is 10.6 Å². The smallest absolute Gasteiger partial charge is 0.319 e. The van der Waals surface area contributed by atoms with E-state index in [1.807, 2.05) is 43.3 Å². The third-order valence-corrected chi connectivity index (χ3v) is 2.49. The van der Waals surface area contributed by atoms with Crippen molar-refractivity contribution in [1.82, 2.24) is 5.32 Å². The van der Waals surface area contributed by atoms with Crippen LogP contribution in [0.2, 0.25) is 0 Å². The van der Waals surface area contributed by atoms with E-state index in [-0.39, 0.29) is 12.6 Å². The molecule has 5 heteroatoms. The number of hydrogen-bond donors (Lipinski definition) is 3. The molecule has 0 atom stereocenters. The van der Waals surface area contributed by atoms with Crippen LogP contribution in [0.4, 0.5) is 16.2 Å². The van der Waals surface area contributed by atoms with E-state index >= 15 is 0 Å². The molecule has 0 unspecified atom stereocenters. The predicted molar refractivity (Wildman–Crippen MR) is 74.1 cm³/mol. The van der Waals surface area contributed by atoms with Crippen LogP contribution in [0.15, 0.2) is 24.3 Å². The van der Waals surface area contributed by atoms with Crippen molar-refractivity contribution < 1.29 is 9.90 Å². The van der Waals surface area contributed by atoms with E-state index in [4.69, 9.17) is 5.11 Å². The van der Waals surface area contributed by atoms with Gasteiger partial charge in [0.05, 0.1) is 12.1 Å². The number of aliphatic hydroxyl groups excluding tert-OH is 1. The largest absolute Gasteiger partial charge is 0.394 e. The van der Waals surface area contributed by atoms with Crippen molar-refractivity contribution in [2.75, 3.05) is 30.9 Å². The molecule has 0 heterocycles. The van der Waals surface area contributed by atoms with Gasteiger partial charge in [-0.3, -0.25) is 0 Å². The third kappa shape index (κ3) is 4.25. The molecule has 100 valence electrons. The van der Waals surface area contributed by atoms with E-state index in [1.54, 1.807) is 13.8 Å². The first-order chi connectivity index (χ1) is 8.34. The number of carbonyl (C=O) groups is 1. The second-order valence-corrected chi connectivity index (χ2v) is 5.06. The zero-order valence-electron chi connectivity index (χ0n) is 11.3. The topological polar surface area (TPSA) is 64.6 Å². The highest BCUT2D eigenvalue weighted by Gasteiger charge is 2.18. The number of urea groups is 1. The Hall–Kier alpha value is -1.75. The number of carbonyl (C=O) groups excluding carboxylic acids is 1. The second-order valence-electron chi connectivity index (χ2n) is 5.06. The average Bonchev–Trinajstić information content (AvgIpc) is 2.29. The lowest BCUT2D eigenvalue weighted by atomic mass is 10.1. The van der Waals surface area contributed by atoms with Crippen LogP contribution >= 0.6 is 0 Å². The zero-order chi connectivity index (χ0) is 13.8. The van der Waals surface area contributed by atoms with Gasteiger partial charge in [-0.1, -0.05) is 0 Å². The quantitative estimate of drug-likeness (QED) is 0.762. The van der Waals surface area contributed by atoms with E-state index in [0.29, 0.717) is 5.69 Å². The molecule has 0 aliphatic rings. The molecule has 0 aliphatic heterocycles. The highest BCUT2D eigenvalue weighted by molar-refractivity contribution is 5.89. The molecule has 18 heavy (non-hydrogen) atoms. The summed E-state index contributed by atoms with van der Waals surface area (Å²) in [5, 5.41) is 14.5. The molecule has 3 N–H and O–H groups in total. The van der Waals surface area contributed by atoms with Crippen molar-refractivity contribution >= 4 is 17.4 Å². The summed E-state index contributed by atoms with van der Waals surface area (Å²) < 4.78 is 0. The van der Waals surface area contributed by atoms with Crippen LogP contribution in [0, 0.1) is 0 Å². The normalized spacial score (nSPS) is 10.9. The number of anilines is 2. The average molecular weight is 251 g/mol. The van der Waals surface area contributed by atoms with Gasteiger partial charge in [0.25, 0.3) is 0 Å². The first kappa shape index (κ1) is 14.3. The summed E-state index contributed by atoms with van der Waals surface area (Å²) in [6.07, 6.45) is 0. The fraction of sp³-hybridized carbons (Fsp3) is 0.462. The Morgan fingerprint density at radius 1 is 1.28 bits per heavy atom. The van der Waals surface area contributed by atoms with Gasteiger partial charge in [-0.25, -0.2) is 4.79 Å². The Balaban J connectivity index is 2.60. The first-order valence-corrected chi connectivity index (χ1v) is 5.81. The fourth-order valence-electron chi connectivity index (χ4n) is 1.35. The van der Waals surface area contributed by atoms with Crippen molar-refractivity contribution in [3.8, 4) is 0 Å². The molecule has 1 aromatic rings. The Kier molecular flexibility index (Phi) is 4.55. The minimum Gasteiger partial charge on any atom is -0.394 e. The van der Waals surface area contributed by atoms with Gasteiger partial charge < -0.3 is 20.6 Å². The maximum atomic E-state index is 11.7. The summed E-state index contributed by atoms with van der Waals surface area (Å²) in [6, 6.07) is 7.19. The van der Waals surface area contributed by atoms with Crippen LogP contribution in [0.5, 0.6) is 0 Å². The number of rotatable bonds is 4. The van der Waals surface area contributed by atoms with Gasteiger partial charge >= 0.3 is 6.03 Å². The Morgan fingerprint density at radius 3 is 2.28 bits per heavy atom. The maximum Gasteiger partial charge on any atom is 0.319 e. The van der Waals surface area contributed by atoms with E-state index < -0.39 is 5.54 Å². The first-order valence-electron chi connectivity index (χ1n) is 5.81. The van der Waals surface area contributed by atoms with Gasteiger partial charge in [0.15, 0.2) is 0 Å². The molecule has 0 radical (unpaired) electrons. The lowest BCUT2D eigenvalue weighted by Gasteiger charge is -2.23. The minimum absolute atomic E-state index is 0.111. The second kappa shape index (κ2) is 5.73. The van der Waals surface area contributed by atoms with Crippen molar-refractivity contribution in [2.24, 2.45) is 0 Å². The van der Waals surface area contributed by atoms with Crippen molar-refractivity contribution in [1.29, 1.82) is 0 Å². The minimum atomic E-state index is -0.631. The molecule has 0 saturated carbocycles. The molecular formula is C13H21N3O2. The van der Waals surface area contributed by atoms with Crippen molar-refractivity contribution in [2.45, 2.75) is 19.4 Å². The van der Waals surface area contributed by atoms with Crippen LogP contribution in [0.3, 0.4) is 0 Å². The maximum absolute atomic E-state index is 11.7. The van der Waals surface area contributed by atoms with Gasteiger partial charge in [0.1, 0.15) is 0 Å². The molecule has 1 aromatic carbocycles. The van der Waals surface area contributed by atoms with Gasteiger partial charge in [-0.05, 0) is 38.1 Å². The molecule has 2 amide bonds. The molecule has 0 spiro atoms. The summed E-state index contributed by atoms with van der Waals surface area (Å²) in [4.78, 5) is 13.6. The lowest BCUT2D eigenvalue weighted by molar-refractivity contribution is 0.187. The third-order valence-electron chi connectivity index (χ3n) is 2.49. The monoisotopic (exact) mass is 251 g/mol. The Labute approximate surface area is 108 Å². The summed E-state index contributed by atoms with van der Waals surface area (Å²) >= 11 is 0. The lowest BCUT2D eigenvalue weighted by Crippen LogP contribution is -2.48. The molecule has 0 saturated heterocycles. The van der Waals surface area contributed by atoms with Gasteiger partial charge in [-0.15, -0.1) is 0 Å². The van der Waals surface area contributed by atoms with Gasteiger partial charge in [0.2, 0.25) is 0 Å². The standard InChI is InChI=1S/C13H21N3O2/c1-13(2,9-17)15-12(18)14-10-5-7-11(8-6-10)16(3)4/h5-8,17H,9H2,1-4H3,(H2,14,15,18). The van der Waals surface area contributed by atoms with Crippen LogP contribution in [0.1, 0.15) is 13.8 Å². The number of nitrogens with one attached hydrogen (secondary N) is 2. The summed E-state index contributed by atoms with van der Waals surface area (Å²) in [7, 11) is 3.91. The van der Waals surface area contributed by atoms with Gasteiger partial charge in [0, 0.05) is 25.5 Å². The number of nitrogens with zero attached hydrogens (tertiary/aromatic N) is 1. The Morgan fingerprint density at radius 2 is 1.83 bits per heavy atom. The van der Waals surface area contributed by atoms with Crippen molar-refractivity contribution in [3.05, 3.63) is 24.3 Å². The van der Waals surface area contributed by atoms with E-state index in [0.717, 1.165) is 5.69 Å². The number of benzene rings is 1. The molecule has 1 rings (SSSR count). The van der Waals surface area contributed by atoms with Crippen molar-refractivity contribution in [3.63, 3.8) is 0 Å². The Bertz CT molecular complexity index is 399. The highest BCUT2D eigenvalue weighted by atomic mass is 16.3. The highest BCUT2D eigenvalue weighted by Crippen LogP contribution is 2.15. The predicted octanol–water partition coefficient (Wildman–Crippen LogP) is 1.64. The molecular weight excluding hydrogens is 230 g/mol. The number of aliphatic hydroxyl groups is 1. The van der Waals surface area contributed by atoms with Crippen LogP contribution < -0.4 is 15.5 Å². The number of amides is 2. The fourth-order valence-corrected chi connectivity index (χ4v) is 1.35. The molecule has 0 aromatic heterocycles. The van der Waals surface area contributed by atoms with Crippen LogP contribution in [-0.2, 0) is 0 Å². The van der Waals surface area contributed by atoms with Crippen LogP contribution in [0.25, 0.3) is 0 Å². The summed E-state index contributed by atoms with van der Waals surface area (Å²) in [5.74, 6) is 0. The molecule has 0 bridgehead atoms. The molecule has 5 nitrogen and oxygen atoms in total.